The van der Waals surface area contributed by atoms with Crippen molar-refractivity contribution in [2.75, 3.05) is 26.0 Å². The van der Waals surface area contributed by atoms with Crippen LogP contribution in [0.4, 0.5) is 5.95 Å². The van der Waals surface area contributed by atoms with Gasteiger partial charge in [0, 0.05) is 12.1 Å². The number of hydrogen-bond acceptors (Lipinski definition) is 5. The average molecular weight is 276 g/mol. The number of likely N-dealkylation sites (N-methyl/N-ethyl adjacent to an activating group) is 1. The molecule has 94 valence electrons. The van der Waals surface area contributed by atoms with E-state index in [0.29, 0.717) is 5.95 Å². The molecule has 0 atom stereocenters. The lowest BCUT2D eigenvalue weighted by Gasteiger charge is -2.47. The van der Waals surface area contributed by atoms with Crippen LogP contribution in [0.3, 0.4) is 0 Å². The summed E-state index contributed by atoms with van der Waals surface area (Å²) in [5, 5.41) is 3.40. The lowest BCUT2D eigenvalue weighted by atomic mass is 9.75. The van der Waals surface area contributed by atoms with Crippen LogP contribution in [0, 0.1) is 0 Å². The maximum atomic E-state index is 5.71. The van der Waals surface area contributed by atoms with E-state index in [9.17, 15) is 0 Å². The molecule has 1 fully saturated rings. The second-order valence-electron chi connectivity index (χ2n) is 4.52. The third-order valence-corrected chi connectivity index (χ3v) is 3.73. The van der Waals surface area contributed by atoms with Gasteiger partial charge in [-0.3, -0.25) is 0 Å². The molecular weight excluding hydrogens is 261 g/mol. The van der Waals surface area contributed by atoms with Gasteiger partial charge in [0.25, 0.3) is 0 Å². The van der Waals surface area contributed by atoms with Gasteiger partial charge in [-0.2, -0.15) is 15.0 Å². The molecule has 0 aliphatic heterocycles. The van der Waals surface area contributed by atoms with Crippen LogP contribution >= 0.6 is 23.2 Å². The minimum atomic E-state index is 0.111. The van der Waals surface area contributed by atoms with Crippen molar-refractivity contribution in [3.63, 3.8) is 0 Å². The minimum Gasteiger partial charge on any atom is -0.352 e. The van der Waals surface area contributed by atoms with Crippen LogP contribution in [0.5, 0.6) is 0 Å². The highest BCUT2D eigenvalue weighted by Crippen LogP contribution is 2.36. The van der Waals surface area contributed by atoms with Crippen LogP contribution in [0.2, 0.25) is 10.6 Å². The maximum Gasteiger partial charge on any atom is 0.228 e. The summed E-state index contributed by atoms with van der Waals surface area (Å²) in [6, 6.07) is 0. The number of rotatable bonds is 4. The van der Waals surface area contributed by atoms with Gasteiger partial charge in [-0.05, 0) is 56.6 Å². The predicted octanol–water partition coefficient (Wildman–Crippen LogP) is 2.07. The van der Waals surface area contributed by atoms with Crippen LogP contribution in [-0.2, 0) is 0 Å². The van der Waals surface area contributed by atoms with Crippen molar-refractivity contribution in [3.8, 4) is 0 Å². The molecule has 17 heavy (non-hydrogen) atoms. The molecule has 1 saturated carbocycles. The first-order chi connectivity index (χ1) is 8.02. The fraction of sp³-hybridized carbons (Fsp3) is 0.700. The Bertz CT molecular complexity index is 385. The molecule has 2 rings (SSSR count). The number of nitrogens with one attached hydrogen (secondary N) is 1. The molecule has 1 aliphatic rings. The van der Waals surface area contributed by atoms with Crippen LogP contribution in [-0.4, -0.2) is 46.0 Å². The van der Waals surface area contributed by atoms with E-state index in [1.54, 1.807) is 0 Å². The van der Waals surface area contributed by atoms with Gasteiger partial charge in [0.15, 0.2) is 0 Å². The molecule has 7 heteroatoms. The fourth-order valence-electron chi connectivity index (χ4n) is 2.02. The summed E-state index contributed by atoms with van der Waals surface area (Å²) in [7, 11) is 4.18. The summed E-state index contributed by atoms with van der Waals surface area (Å²) in [4.78, 5) is 13.9. The quantitative estimate of drug-likeness (QED) is 0.912. The molecule has 0 bridgehead atoms. The third-order valence-electron chi connectivity index (χ3n) is 3.39. The highest BCUT2D eigenvalue weighted by molar-refractivity contribution is 6.31. The summed E-state index contributed by atoms with van der Waals surface area (Å²) in [6.45, 7) is 0.788. The lowest BCUT2D eigenvalue weighted by molar-refractivity contribution is 0.0737. The predicted molar refractivity (Wildman–Crippen MR) is 68.6 cm³/mol. The van der Waals surface area contributed by atoms with Crippen molar-refractivity contribution >= 4 is 29.2 Å². The number of nitrogens with zero attached hydrogens (tertiary/aromatic N) is 4. The molecule has 0 spiro atoms. The fourth-order valence-corrected chi connectivity index (χ4v) is 2.38. The first kappa shape index (κ1) is 12.8. The van der Waals surface area contributed by atoms with E-state index in [1.165, 1.54) is 19.3 Å². The van der Waals surface area contributed by atoms with Gasteiger partial charge in [-0.1, -0.05) is 0 Å². The molecule has 1 aromatic heterocycles. The van der Waals surface area contributed by atoms with Crippen molar-refractivity contribution in [1.82, 2.24) is 19.9 Å². The largest absolute Gasteiger partial charge is 0.352 e. The van der Waals surface area contributed by atoms with Gasteiger partial charge in [0.05, 0.1) is 0 Å². The Hall–Kier alpha value is -0.650. The first-order valence-electron chi connectivity index (χ1n) is 5.50. The van der Waals surface area contributed by atoms with E-state index in [4.69, 9.17) is 23.2 Å². The molecule has 1 aliphatic carbocycles. The summed E-state index contributed by atoms with van der Waals surface area (Å²) in [5.41, 5.74) is 0.200. The topological polar surface area (TPSA) is 53.9 Å². The van der Waals surface area contributed by atoms with Crippen molar-refractivity contribution < 1.29 is 0 Å². The molecular formula is C10H15Cl2N5. The maximum absolute atomic E-state index is 5.71. The number of hydrogen-bond donors (Lipinski definition) is 1. The number of anilines is 1. The Morgan fingerprint density at radius 2 is 1.76 bits per heavy atom. The molecule has 0 radical (unpaired) electrons. The molecule has 0 aromatic carbocycles. The van der Waals surface area contributed by atoms with Gasteiger partial charge in [0.2, 0.25) is 16.5 Å². The summed E-state index contributed by atoms with van der Waals surface area (Å²) in [6.07, 6.45) is 3.62. The van der Waals surface area contributed by atoms with Crippen molar-refractivity contribution in [2.24, 2.45) is 0 Å². The lowest BCUT2D eigenvalue weighted by Crippen LogP contribution is -2.54. The molecule has 0 saturated heterocycles. The van der Waals surface area contributed by atoms with E-state index in [-0.39, 0.29) is 16.1 Å². The highest BCUT2D eigenvalue weighted by Gasteiger charge is 2.38. The zero-order valence-electron chi connectivity index (χ0n) is 9.87. The van der Waals surface area contributed by atoms with Crippen LogP contribution in [0.25, 0.3) is 0 Å². The second kappa shape index (κ2) is 4.92. The van der Waals surface area contributed by atoms with Crippen LogP contribution in [0.15, 0.2) is 0 Å². The molecule has 0 amide bonds. The number of aromatic nitrogens is 3. The van der Waals surface area contributed by atoms with Gasteiger partial charge < -0.3 is 10.2 Å². The second-order valence-corrected chi connectivity index (χ2v) is 5.20. The number of halogens is 2. The van der Waals surface area contributed by atoms with E-state index in [2.05, 4.69) is 39.3 Å². The summed E-state index contributed by atoms with van der Waals surface area (Å²) in [5.74, 6) is 0.433. The minimum absolute atomic E-state index is 0.111. The Kier molecular flexibility index (Phi) is 3.70. The smallest absolute Gasteiger partial charge is 0.228 e. The van der Waals surface area contributed by atoms with E-state index in [1.807, 2.05) is 0 Å². The molecule has 5 nitrogen and oxygen atoms in total. The molecule has 1 heterocycles. The van der Waals surface area contributed by atoms with Gasteiger partial charge in [-0.25, -0.2) is 0 Å². The van der Waals surface area contributed by atoms with E-state index < -0.39 is 0 Å². The summed E-state index contributed by atoms with van der Waals surface area (Å²) < 4.78 is 0. The first-order valence-corrected chi connectivity index (χ1v) is 6.26. The monoisotopic (exact) mass is 275 g/mol. The van der Waals surface area contributed by atoms with Gasteiger partial charge in [-0.15, -0.1) is 0 Å². The summed E-state index contributed by atoms with van der Waals surface area (Å²) >= 11 is 11.4. The van der Waals surface area contributed by atoms with E-state index in [0.717, 1.165) is 6.54 Å². The average Bonchev–Trinajstić information content (AvgIpc) is 2.13. The molecule has 1 N–H and O–H groups in total. The van der Waals surface area contributed by atoms with Crippen LogP contribution < -0.4 is 5.32 Å². The van der Waals surface area contributed by atoms with E-state index >= 15 is 0 Å². The highest BCUT2D eigenvalue weighted by atomic mass is 35.5. The zero-order valence-corrected chi connectivity index (χ0v) is 11.4. The molecule has 0 unspecified atom stereocenters. The standard InChI is InChI=1S/C10H15Cl2N5/c1-17(2)10(4-3-5-10)6-13-9-15-7(11)14-8(12)16-9/h3-6H2,1-2H3,(H,13,14,15,16). The normalized spacial score (nSPS) is 17.9. The van der Waals surface area contributed by atoms with Crippen molar-refractivity contribution in [1.29, 1.82) is 0 Å². The molecule has 1 aromatic rings. The van der Waals surface area contributed by atoms with Crippen molar-refractivity contribution in [3.05, 3.63) is 10.6 Å². The SMILES string of the molecule is CN(C)C1(CNc2nc(Cl)nc(Cl)n2)CCC1. The Morgan fingerprint density at radius 3 is 2.18 bits per heavy atom. The van der Waals surface area contributed by atoms with Gasteiger partial charge >= 0.3 is 0 Å². The third kappa shape index (κ3) is 2.78. The zero-order chi connectivity index (χ0) is 12.5. The van der Waals surface area contributed by atoms with Crippen LogP contribution in [0.1, 0.15) is 19.3 Å². The Labute approximate surface area is 111 Å². The Balaban J connectivity index is 2.02. The van der Waals surface area contributed by atoms with Crippen molar-refractivity contribution in [2.45, 2.75) is 24.8 Å². The Morgan fingerprint density at radius 1 is 1.18 bits per heavy atom. The van der Waals surface area contributed by atoms with Gasteiger partial charge in [0.1, 0.15) is 0 Å².